The molecule has 0 radical (unpaired) electrons. The van der Waals surface area contributed by atoms with E-state index in [0.29, 0.717) is 23.0 Å². The van der Waals surface area contributed by atoms with Crippen molar-refractivity contribution in [1.82, 2.24) is 5.32 Å². The molecule has 2 aromatic carbocycles. The highest BCUT2D eigenvalue weighted by Gasteiger charge is 2.23. The van der Waals surface area contributed by atoms with Gasteiger partial charge in [-0.15, -0.1) is 11.8 Å². The summed E-state index contributed by atoms with van der Waals surface area (Å²) in [6.45, 7) is 4.11. The molecular weight excluding hydrogens is 332 g/mol. The highest BCUT2D eigenvalue weighted by atomic mass is 32.2. The van der Waals surface area contributed by atoms with Crippen LogP contribution in [0.15, 0.2) is 47.4 Å². The fraction of sp³-hybridized carbons (Fsp3) is 0.300. The zero-order valence-electron chi connectivity index (χ0n) is 14.5. The molecular formula is C20H22N2O2S. The van der Waals surface area contributed by atoms with Crippen molar-refractivity contribution in [3.63, 3.8) is 0 Å². The van der Waals surface area contributed by atoms with E-state index in [9.17, 15) is 9.59 Å². The maximum atomic E-state index is 12.2. The van der Waals surface area contributed by atoms with Gasteiger partial charge in [0.15, 0.2) is 0 Å². The second kappa shape index (κ2) is 7.74. The molecule has 1 aliphatic carbocycles. The SMILES string of the molecule is Cc1ccc(SCC(=O)Nc2cccc(C(=O)NC3CC3)c2)c(C)c1. The van der Waals surface area contributed by atoms with E-state index < -0.39 is 0 Å². The molecule has 5 heteroatoms. The molecule has 1 aliphatic rings. The van der Waals surface area contributed by atoms with Crippen LogP contribution in [0, 0.1) is 13.8 Å². The lowest BCUT2D eigenvalue weighted by Crippen LogP contribution is -2.25. The molecule has 0 bridgehead atoms. The Morgan fingerprint density at radius 3 is 2.64 bits per heavy atom. The first kappa shape index (κ1) is 17.5. The fourth-order valence-electron chi connectivity index (χ4n) is 2.54. The number of carbonyl (C=O) groups is 2. The lowest BCUT2D eigenvalue weighted by Gasteiger charge is -2.09. The summed E-state index contributed by atoms with van der Waals surface area (Å²) >= 11 is 1.52. The Bertz CT molecular complexity index is 800. The first-order valence-electron chi connectivity index (χ1n) is 8.42. The van der Waals surface area contributed by atoms with E-state index in [4.69, 9.17) is 0 Å². The third-order valence-corrected chi connectivity index (χ3v) is 5.19. The van der Waals surface area contributed by atoms with Crippen LogP contribution in [-0.2, 0) is 4.79 Å². The van der Waals surface area contributed by atoms with E-state index >= 15 is 0 Å². The molecule has 0 atom stereocenters. The van der Waals surface area contributed by atoms with Gasteiger partial charge in [0.05, 0.1) is 5.75 Å². The van der Waals surface area contributed by atoms with Gasteiger partial charge in [-0.2, -0.15) is 0 Å². The zero-order valence-corrected chi connectivity index (χ0v) is 15.3. The van der Waals surface area contributed by atoms with E-state index in [1.165, 1.54) is 22.9 Å². The minimum absolute atomic E-state index is 0.0790. The van der Waals surface area contributed by atoms with Crippen molar-refractivity contribution in [2.24, 2.45) is 0 Å². The number of benzene rings is 2. The van der Waals surface area contributed by atoms with E-state index in [2.05, 4.69) is 36.6 Å². The second-order valence-electron chi connectivity index (χ2n) is 6.43. The van der Waals surface area contributed by atoms with Gasteiger partial charge >= 0.3 is 0 Å². The Morgan fingerprint density at radius 1 is 1.12 bits per heavy atom. The molecule has 0 saturated heterocycles. The summed E-state index contributed by atoms with van der Waals surface area (Å²) in [4.78, 5) is 25.4. The standard InChI is InChI=1S/C20H22N2O2S/c1-13-6-9-18(14(2)10-13)25-12-19(23)21-17-5-3-4-15(11-17)20(24)22-16-7-8-16/h3-6,9-11,16H,7-8,12H2,1-2H3,(H,21,23)(H,22,24). The summed E-state index contributed by atoms with van der Waals surface area (Å²) in [6, 6.07) is 13.6. The van der Waals surface area contributed by atoms with Crippen LogP contribution in [0.1, 0.15) is 34.3 Å². The van der Waals surface area contributed by atoms with E-state index in [1.54, 1.807) is 24.3 Å². The lowest BCUT2D eigenvalue weighted by molar-refractivity contribution is -0.113. The molecule has 2 amide bonds. The van der Waals surface area contributed by atoms with Gasteiger partial charge in [0.2, 0.25) is 5.91 Å². The fourth-order valence-corrected chi connectivity index (χ4v) is 3.35. The molecule has 0 heterocycles. The van der Waals surface area contributed by atoms with Crippen LogP contribution in [0.4, 0.5) is 5.69 Å². The molecule has 0 aliphatic heterocycles. The quantitative estimate of drug-likeness (QED) is 0.773. The van der Waals surface area contributed by atoms with Gasteiger partial charge in [0.1, 0.15) is 0 Å². The third kappa shape index (κ3) is 5.10. The molecule has 25 heavy (non-hydrogen) atoms. The van der Waals surface area contributed by atoms with Crippen LogP contribution in [0.25, 0.3) is 0 Å². The maximum absolute atomic E-state index is 12.2. The highest BCUT2D eigenvalue weighted by molar-refractivity contribution is 8.00. The van der Waals surface area contributed by atoms with Crippen molar-refractivity contribution in [3.8, 4) is 0 Å². The van der Waals surface area contributed by atoms with Gasteiger partial charge in [-0.1, -0.05) is 23.8 Å². The molecule has 0 spiro atoms. The van der Waals surface area contributed by atoms with Gasteiger partial charge in [-0.25, -0.2) is 0 Å². The Hall–Kier alpha value is -2.27. The summed E-state index contributed by atoms with van der Waals surface area (Å²) < 4.78 is 0. The first-order valence-corrected chi connectivity index (χ1v) is 9.40. The zero-order chi connectivity index (χ0) is 17.8. The molecule has 0 unspecified atom stereocenters. The average molecular weight is 354 g/mol. The van der Waals surface area contributed by atoms with Gasteiger partial charge in [-0.05, 0) is 56.5 Å². The Morgan fingerprint density at radius 2 is 1.92 bits per heavy atom. The van der Waals surface area contributed by atoms with Gasteiger partial charge < -0.3 is 10.6 Å². The molecule has 3 rings (SSSR count). The smallest absolute Gasteiger partial charge is 0.251 e. The summed E-state index contributed by atoms with van der Waals surface area (Å²) in [7, 11) is 0. The minimum Gasteiger partial charge on any atom is -0.349 e. The number of nitrogens with one attached hydrogen (secondary N) is 2. The molecule has 130 valence electrons. The predicted octanol–water partition coefficient (Wildman–Crippen LogP) is 3.93. The minimum atomic E-state index is -0.0803. The van der Waals surface area contributed by atoms with Crippen LogP contribution in [-0.4, -0.2) is 23.6 Å². The lowest BCUT2D eigenvalue weighted by atomic mass is 10.2. The number of hydrogen-bond acceptors (Lipinski definition) is 3. The third-order valence-electron chi connectivity index (χ3n) is 4.01. The van der Waals surface area contributed by atoms with Crippen LogP contribution in [0.5, 0.6) is 0 Å². The van der Waals surface area contributed by atoms with Crippen LogP contribution >= 0.6 is 11.8 Å². The van der Waals surface area contributed by atoms with Crippen molar-refractivity contribution in [3.05, 3.63) is 59.2 Å². The van der Waals surface area contributed by atoms with E-state index in [1.807, 2.05) is 6.07 Å². The Balaban J connectivity index is 1.56. The van der Waals surface area contributed by atoms with E-state index in [0.717, 1.165) is 17.7 Å². The molecule has 1 fully saturated rings. The van der Waals surface area contributed by atoms with Crippen molar-refractivity contribution in [2.75, 3.05) is 11.1 Å². The Kier molecular flexibility index (Phi) is 5.43. The normalized spacial score (nSPS) is 13.4. The molecule has 2 aromatic rings. The van der Waals surface area contributed by atoms with Gasteiger partial charge in [0.25, 0.3) is 5.91 Å². The number of amides is 2. The van der Waals surface area contributed by atoms with Crippen molar-refractivity contribution in [2.45, 2.75) is 37.6 Å². The van der Waals surface area contributed by atoms with Gasteiger partial charge in [0, 0.05) is 22.2 Å². The topological polar surface area (TPSA) is 58.2 Å². The number of aryl methyl sites for hydroxylation is 2. The second-order valence-corrected chi connectivity index (χ2v) is 7.45. The molecule has 1 saturated carbocycles. The summed E-state index contributed by atoms with van der Waals surface area (Å²) in [5.41, 5.74) is 3.62. The number of rotatable bonds is 6. The van der Waals surface area contributed by atoms with Crippen molar-refractivity contribution < 1.29 is 9.59 Å². The van der Waals surface area contributed by atoms with Crippen molar-refractivity contribution >= 4 is 29.3 Å². The number of thioether (sulfide) groups is 1. The Labute approximate surface area is 152 Å². The number of carbonyl (C=O) groups excluding carboxylic acids is 2. The highest BCUT2D eigenvalue weighted by Crippen LogP contribution is 2.23. The number of anilines is 1. The summed E-state index contributed by atoms with van der Waals surface area (Å²) in [5, 5.41) is 5.82. The number of hydrogen-bond donors (Lipinski definition) is 2. The summed E-state index contributed by atoms with van der Waals surface area (Å²) in [5.74, 6) is 0.176. The molecule has 4 nitrogen and oxygen atoms in total. The average Bonchev–Trinajstić information content (AvgIpc) is 3.38. The van der Waals surface area contributed by atoms with Gasteiger partial charge in [-0.3, -0.25) is 9.59 Å². The molecule has 2 N–H and O–H groups in total. The largest absolute Gasteiger partial charge is 0.349 e. The van der Waals surface area contributed by atoms with Crippen LogP contribution in [0.2, 0.25) is 0 Å². The molecule has 0 aromatic heterocycles. The van der Waals surface area contributed by atoms with Crippen LogP contribution in [0.3, 0.4) is 0 Å². The maximum Gasteiger partial charge on any atom is 0.251 e. The van der Waals surface area contributed by atoms with E-state index in [-0.39, 0.29) is 11.8 Å². The predicted molar refractivity (Wildman–Crippen MR) is 102 cm³/mol. The van der Waals surface area contributed by atoms with Crippen molar-refractivity contribution in [1.29, 1.82) is 0 Å². The first-order chi connectivity index (χ1) is 12.0. The van der Waals surface area contributed by atoms with Crippen LogP contribution < -0.4 is 10.6 Å². The monoisotopic (exact) mass is 354 g/mol. The summed E-state index contributed by atoms with van der Waals surface area (Å²) in [6.07, 6.45) is 2.11.